The van der Waals surface area contributed by atoms with Crippen molar-refractivity contribution >= 4 is 16.7 Å². The predicted molar refractivity (Wildman–Crippen MR) is 89.9 cm³/mol. The summed E-state index contributed by atoms with van der Waals surface area (Å²) in [6.45, 7) is 4.25. The van der Waals surface area contributed by atoms with Crippen LogP contribution in [0, 0.1) is 6.92 Å². The van der Waals surface area contributed by atoms with Gasteiger partial charge in [0.1, 0.15) is 5.82 Å². The lowest BCUT2D eigenvalue weighted by Crippen LogP contribution is -2.16. The summed E-state index contributed by atoms with van der Waals surface area (Å²) >= 11 is 0. The highest BCUT2D eigenvalue weighted by molar-refractivity contribution is 5.93. The molecule has 2 aromatic carbocycles. The number of hydrogen-bond donors (Lipinski definition) is 2. The lowest BCUT2D eigenvalue weighted by Gasteiger charge is -2.13. The fourth-order valence-electron chi connectivity index (χ4n) is 2.44. The average Bonchev–Trinajstić information content (AvgIpc) is 2.53. The Morgan fingerprint density at radius 2 is 1.82 bits per heavy atom. The van der Waals surface area contributed by atoms with Crippen molar-refractivity contribution in [2.45, 2.75) is 20.0 Å². The molecule has 0 radical (unpaired) electrons. The topological polar surface area (TPSA) is 58.0 Å². The molecule has 0 aliphatic heterocycles. The van der Waals surface area contributed by atoms with Crippen LogP contribution in [0.4, 0.5) is 5.82 Å². The molecular weight excluding hydrogens is 274 g/mol. The fourth-order valence-corrected chi connectivity index (χ4v) is 2.44. The van der Waals surface area contributed by atoms with Crippen LogP contribution < -0.4 is 5.32 Å². The first kappa shape index (κ1) is 14.5. The van der Waals surface area contributed by atoms with Crippen LogP contribution >= 0.6 is 0 Å². The second-order valence-corrected chi connectivity index (χ2v) is 5.46. The van der Waals surface area contributed by atoms with E-state index in [1.165, 1.54) is 0 Å². The van der Waals surface area contributed by atoms with Crippen LogP contribution in [-0.2, 0) is 0 Å². The SMILES string of the molecule is Cc1cccc2nc(-c3ccccc3)nc(NCC(C)O)c12. The normalized spacial score (nSPS) is 12.3. The number of fused-ring (bicyclic) bond motifs is 1. The largest absolute Gasteiger partial charge is 0.392 e. The summed E-state index contributed by atoms with van der Waals surface area (Å²) in [5, 5.41) is 13.8. The number of aliphatic hydroxyl groups excluding tert-OH is 1. The van der Waals surface area contributed by atoms with Gasteiger partial charge in [-0.2, -0.15) is 0 Å². The smallest absolute Gasteiger partial charge is 0.162 e. The lowest BCUT2D eigenvalue weighted by molar-refractivity contribution is 0.208. The molecule has 0 spiro atoms. The van der Waals surface area contributed by atoms with Crippen molar-refractivity contribution in [1.29, 1.82) is 0 Å². The number of nitrogens with one attached hydrogen (secondary N) is 1. The van der Waals surface area contributed by atoms with Crippen molar-refractivity contribution in [2.75, 3.05) is 11.9 Å². The van der Waals surface area contributed by atoms with Gasteiger partial charge in [0.25, 0.3) is 0 Å². The molecular formula is C18H19N3O. The molecule has 112 valence electrons. The molecule has 2 N–H and O–H groups in total. The number of rotatable bonds is 4. The molecule has 4 nitrogen and oxygen atoms in total. The molecule has 0 saturated heterocycles. The Kier molecular flexibility index (Phi) is 4.02. The number of hydrogen-bond acceptors (Lipinski definition) is 4. The highest BCUT2D eigenvalue weighted by Gasteiger charge is 2.11. The van der Waals surface area contributed by atoms with Crippen molar-refractivity contribution < 1.29 is 5.11 Å². The van der Waals surface area contributed by atoms with E-state index >= 15 is 0 Å². The Bertz CT molecular complexity index is 785. The minimum absolute atomic E-state index is 0.436. The number of aryl methyl sites for hydroxylation is 1. The molecule has 1 aromatic heterocycles. The number of benzene rings is 2. The molecule has 0 aliphatic carbocycles. The third kappa shape index (κ3) is 2.92. The van der Waals surface area contributed by atoms with Gasteiger partial charge in [0.2, 0.25) is 0 Å². The second kappa shape index (κ2) is 6.12. The van der Waals surface area contributed by atoms with Gasteiger partial charge < -0.3 is 10.4 Å². The maximum absolute atomic E-state index is 9.54. The molecule has 3 rings (SSSR count). The quantitative estimate of drug-likeness (QED) is 0.774. The van der Waals surface area contributed by atoms with E-state index in [2.05, 4.69) is 15.3 Å². The lowest BCUT2D eigenvalue weighted by atomic mass is 10.1. The highest BCUT2D eigenvalue weighted by atomic mass is 16.3. The summed E-state index contributed by atoms with van der Waals surface area (Å²) < 4.78 is 0. The van der Waals surface area contributed by atoms with E-state index in [-0.39, 0.29) is 0 Å². The number of nitrogens with zero attached hydrogens (tertiary/aromatic N) is 2. The van der Waals surface area contributed by atoms with Crippen molar-refractivity contribution in [1.82, 2.24) is 9.97 Å². The summed E-state index contributed by atoms with van der Waals surface area (Å²) in [4.78, 5) is 9.35. The Labute approximate surface area is 129 Å². The van der Waals surface area contributed by atoms with Gasteiger partial charge in [-0.15, -0.1) is 0 Å². The first-order chi connectivity index (χ1) is 10.6. The summed E-state index contributed by atoms with van der Waals surface area (Å²) in [6, 6.07) is 15.9. The van der Waals surface area contributed by atoms with Crippen LogP contribution in [0.5, 0.6) is 0 Å². The molecule has 0 fully saturated rings. The van der Waals surface area contributed by atoms with E-state index in [0.717, 1.165) is 27.8 Å². The predicted octanol–water partition coefficient (Wildman–Crippen LogP) is 3.40. The summed E-state index contributed by atoms with van der Waals surface area (Å²) in [6.07, 6.45) is -0.436. The maximum Gasteiger partial charge on any atom is 0.162 e. The minimum atomic E-state index is -0.436. The van der Waals surface area contributed by atoms with E-state index in [9.17, 15) is 5.11 Å². The molecule has 0 aliphatic rings. The van der Waals surface area contributed by atoms with Crippen molar-refractivity contribution in [3.8, 4) is 11.4 Å². The van der Waals surface area contributed by atoms with Gasteiger partial charge in [0.05, 0.1) is 11.6 Å². The summed E-state index contributed by atoms with van der Waals surface area (Å²) in [5.74, 6) is 1.45. The maximum atomic E-state index is 9.54. The molecule has 1 heterocycles. The number of aliphatic hydroxyl groups is 1. The minimum Gasteiger partial charge on any atom is -0.392 e. The zero-order chi connectivity index (χ0) is 15.5. The second-order valence-electron chi connectivity index (χ2n) is 5.46. The Morgan fingerprint density at radius 3 is 2.55 bits per heavy atom. The van der Waals surface area contributed by atoms with Crippen molar-refractivity contribution in [3.05, 3.63) is 54.1 Å². The molecule has 0 bridgehead atoms. The Hall–Kier alpha value is -2.46. The van der Waals surface area contributed by atoms with E-state index < -0.39 is 6.10 Å². The van der Waals surface area contributed by atoms with E-state index in [1.54, 1.807) is 6.92 Å². The van der Waals surface area contributed by atoms with Gasteiger partial charge >= 0.3 is 0 Å². The monoisotopic (exact) mass is 293 g/mol. The molecule has 0 amide bonds. The molecule has 3 aromatic rings. The average molecular weight is 293 g/mol. The molecule has 22 heavy (non-hydrogen) atoms. The van der Waals surface area contributed by atoms with Crippen LogP contribution in [-0.4, -0.2) is 27.7 Å². The van der Waals surface area contributed by atoms with E-state index in [0.29, 0.717) is 12.4 Å². The van der Waals surface area contributed by atoms with Gasteiger partial charge in [0.15, 0.2) is 5.82 Å². The summed E-state index contributed by atoms with van der Waals surface area (Å²) in [7, 11) is 0. The van der Waals surface area contributed by atoms with E-state index in [4.69, 9.17) is 0 Å². The van der Waals surface area contributed by atoms with E-state index in [1.807, 2.05) is 55.5 Å². The molecule has 0 saturated carbocycles. The number of anilines is 1. The third-order valence-corrected chi connectivity index (χ3v) is 3.53. The van der Waals surface area contributed by atoms with Crippen LogP contribution in [0.15, 0.2) is 48.5 Å². The first-order valence-electron chi connectivity index (χ1n) is 7.40. The van der Waals surface area contributed by atoms with Gasteiger partial charge in [0, 0.05) is 17.5 Å². The third-order valence-electron chi connectivity index (χ3n) is 3.53. The molecule has 4 heteroatoms. The van der Waals surface area contributed by atoms with Crippen LogP contribution in [0.3, 0.4) is 0 Å². The Morgan fingerprint density at radius 1 is 1.05 bits per heavy atom. The number of aromatic nitrogens is 2. The molecule has 1 atom stereocenters. The van der Waals surface area contributed by atoms with Crippen LogP contribution in [0.25, 0.3) is 22.3 Å². The zero-order valence-electron chi connectivity index (χ0n) is 12.7. The zero-order valence-corrected chi connectivity index (χ0v) is 12.7. The highest BCUT2D eigenvalue weighted by Crippen LogP contribution is 2.27. The van der Waals surface area contributed by atoms with Gasteiger partial charge in [-0.05, 0) is 25.5 Å². The van der Waals surface area contributed by atoms with Gasteiger partial charge in [-0.25, -0.2) is 9.97 Å². The van der Waals surface area contributed by atoms with Gasteiger partial charge in [-0.3, -0.25) is 0 Å². The van der Waals surface area contributed by atoms with Crippen molar-refractivity contribution in [3.63, 3.8) is 0 Å². The van der Waals surface area contributed by atoms with Crippen LogP contribution in [0.1, 0.15) is 12.5 Å². The summed E-state index contributed by atoms with van der Waals surface area (Å²) in [5.41, 5.74) is 3.00. The van der Waals surface area contributed by atoms with Crippen LogP contribution in [0.2, 0.25) is 0 Å². The fraction of sp³-hybridized carbons (Fsp3) is 0.222. The Balaban J connectivity index is 2.16. The first-order valence-corrected chi connectivity index (χ1v) is 7.40. The van der Waals surface area contributed by atoms with Gasteiger partial charge in [-0.1, -0.05) is 42.5 Å². The van der Waals surface area contributed by atoms with Crippen molar-refractivity contribution in [2.24, 2.45) is 0 Å². The standard InChI is InChI=1S/C18H19N3O/c1-12-7-6-10-15-16(12)18(19-11-13(2)22)21-17(20-15)14-8-4-3-5-9-14/h3-10,13,22H,11H2,1-2H3,(H,19,20,21). The molecule has 1 unspecified atom stereocenters.